The van der Waals surface area contributed by atoms with Crippen LogP contribution in [0.2, 0.25) is 0 Å². The molecule has 0 aliphatic carbocycles. The Kier molecular flexibility index (Phi) is 3.29. The number of pyridine rings is 2. The topological polar surface area (TPSA) is 72.1 Å². The van der Waals surface area contributed by atoms with E-state index >= 15 is 0 Å². The summed E-state index contributed by atoms with van der Waals surface area (Å²) in [5.41, 5.74) is 2.75. The van der Waals surface area contributed by atoms with E-state index in [4.69, 9.17) is 4.98 Å². The average Bonchev–Trinajstić information content (AvgIpc) is 3.15. The largest absolute Gasteiger partial charge is 0.355 e. The molecule has 0 saturated carbocycles. The summed E-state index contributed by atoms with van der Waals surface area (Å²) in [5.74, 6) is 1.44. The van der Waals surface area contributed by atoms with Crippen LogP contribution < -0.4 is 4.90 Å². The molecule has 0 spiro atoms. The first kappa shape index (κ1) is 14.3. The molecular weight excluding hydrogens is 314 g/mol. The van der Waals surface area contributed by atoms with Crippen LogP contribution in [0.3, 0.4) is 0 Å². The van der Waals surface area contributed by atoms with Gasteiger partial charge in [0.15, 0.2) is 11.3 Å². The first-order chi connectivity index (χ1) is 12.4. The van der Waals surface area contributed by atoms with Gasteiger partial charge in [0.05, 0.1) is 0 Å². The molecule has 0 aromatic carbocycles. The minimum Gasteiger partial charge on any atom is -0.355 e. The minimum atomic E-state index is 0.473. The fourth-order valence-electron chi connectivity index (χ4n) is 3.49. The molecule has 25 heavy (non-hydrogen) atoms. The lowest BCUT2D eigenvalue weighted by atomic mass is 9.93. The molecule has 4 aromatic heterocycles. The zero-order chi connectivity index (χ0) is 16.6. The molecule has 0 unspecified atom stereocenters. The molecule has 5 heterocycles. The van der Waals surface area contributed by atoms with Crippen molar-refractivity contribution >= 4 is 22.5 Å². The van der Waals surface area contributed by atoms with Crippen LogP contribution in [0, 0.1) is 0 Å². The molecule has 1 fully saturated rings. The number of rotatable bonds is 2. The van der Waals surface area contributed by atoms with E-state index in [1.54, 1.807) is 17.0 Å². The number of piperidine rings is 1. The van der Waals surface area contributed by atoms with Crippen LogP contribution >= 0.6 is 0 Å². The van der Waals surface area contributed by atoms with Gasteiger partial charge in [-0.25, -0.2) is 9.97 Å². The van der Waals surface area contributed by atoms with E-state index in [-0.39, 0.29) is 0 Å². The van der Waals surface area contributed by atoms with Gasteiger partial charge in [0.2, 0.25) is 0 Å². The van der Waals surface area contributed by atoms with Gasteiger partial charge in [-0.1, -0.05) is 0 Å². The summed E-state index contributed by atoms with van der Waals surface area (Å²) in [5, 5.41) is 13.6. The van der Waals surface area contributed by atoms with Gasteiger partial charge in [-0.15, -0.1) is 15.3 Å². The first-order valence-electron chi connectivity index (χ1n) is 8.50. The van der Waals surface area contributed by atoms with Crippen molar-refractivity contribution in [2.24, 2.45) is 0 Å². The molecule has 0 atom stereocenters. The lowest BCUT2D eigenvalue weighted by Crippen LogP contribution is -2.34. The molecule has 0 amide bonds. The zero-order valence-electron chi connectivity index (χ0n) is 13.7. The Bertz CT molecular complexity index is 1030. The van der Waals surface area contributed by atoms with Crippen LogP contribution in [0.4, 0.5) is 5.82 Å². The molecule has 1 aliphatic heterocycles. The highest BCUT2D eigenvalue weighted by Gasteiger charge is 2.23. The van der Waals surface area contributed by atoms with Crippen LogP contribution in [0.25, 0.3) is 16.7 Å². The Balaban J connectivity index is 1.34. The van der Waals surface area contributed by atoms with Crippen molar-refractivity contribution in [3.05, 3.63) is 54.6 Å². The molecule has 4 aromatic rings. The Labute approximate surface area is 144 Å². The van der Waals surface area contributed by atoms with E-state index in [2.05, 4.69) is 43.4 Å². The van der Waals surface area contributed by atoms with Gasteiger partial charge >= 0.3 is 0 Å². The maximum atomic E-state index is 4.76. The third-order valence-electron chi connectivity index (χ3n) is 4.87. The summed E-state index contributed by atoms with van der Waals surface area (Å²) in [7, 11) is 0. The van der Waals surface area contributed by atoms with E-state index in [9.17, 15) is 0 Å². The summed E-state index contributed by atoms with van der Waals surface area (Å²) in [6.45, 7) is 1.93. The summed E-state index contributed by atoms with van der Waals surface area (Å²) < 4.78 is 1.72. The Hall–Kier alpha value is -3.09. The maximum Gasteiger partial charge on any atom is 0.177 e. The van der Waals surface area contributed by atoms with E-state index < -0.39 is 0 Å². The van der Waals surface area contributed by atoms with Crippen LogP contribution in [0.15, 0.2) is 48.9 Å². The van der Waals surface area contributed by atoms with Crippen LogP contribution in [0.5, 0.6) is 0 Å². The number of nitrogens with zero attached hydrogens (tertiary/aromatic N) is 7. The van der Waals surface area contributed by atoms with Gasteiger partial charge in [-0.2, -0.15) is 4.52 Å². The van der Waals surface area contributed by atoms with Crippen molar-refractivity contribution < 1.29 is 0 Å². The van der Waals surface area contributed by atoms with Crippen molar-refractivity contribution in [1.82, 2.24) is 29.8 Å². The first-order valence-corrected chi connectivity index (χ1v) is 8.50. The van der Waals surface area contributed by atoms with Gasteiger partial charge < -0.3 is 4.90 Å². The molecule has 0 bridgehead atoms. The molecule has 124 valence electrons. The normalized spacial score (nSPS) is 15.9. The predicted molar refractivity (Wildman–Crippen MR) is 94.5 cm³/mol. The molecule has 0 radical (unpaired) electrons. The highest BCUT2D eigenvalue weighted by Crippen LogP contribution is 2.29. The average molecular weight is 331 g/mol. The van der Waals surface area contributed by atoms with Crippen molar-refractivity contribution in [3.63, 3.8) is 0 Å². The summed E-state index contributed by atoms with van der Waals surface area (Å²) in [6.07, 6.45) is 5.56. The third-order valence-corrected chi connectivity index (χ3v) is 4.87. The van der Waals surface area contributed by atoms with Crippen LogP contribution in [0.1, 0.15) is 24.5 Å². The predicted octanol–water partition coefficient (Wildman–Crippen LogP) is 2.45. The van der Waals surface area contributed by atoms with Crippen molar-refractivity contribution in [2.45, 2.75) is 18.8 Å². The second-order valence-corrected chi connectivity index (χ2v) is 6.37. The zero-order valence-corrected chi connectivity index (χ0v) is 13.7. The lowest BCUT2D eigenvalue weighted by Gasteiger charge is -2.32. The quantitative estimate of drug-likeness (QED) is 0.562. The molecule has 1 saturated heterocycles. The van der Waals surface area contributed by atoms with E-state index in [0.717, 1.165) is 54.1 Å². The SMILES string of the molecule is c1cnc2nc(C3CCN(c4ccc5nncn5n4)CC3)ccc2c1. The summed E-state index contributed by atoms with van der Waals surface area (Å²) in [6, 6.07) is 12.2. The summed E-state index contributed by atoms with van der Waals surface area (Å²) >= 11 is 0. The van der Waals surface area contributed by atoms with E-state index in [1.165, 1.54) is 0 Å². The lowest BCUT2D eigenvalue weighted by molar-refractivity contribution is 0.493. The molecule has 1 aliphatic rings. The van der Waals surface area contributed by atoms with Crippen LogP contribution in [-0.4, -0.2) is 42.9 Å². The highest BCUT2D eigenvalue weighted by atomic mass is 15.4. The molecule has 5 rings (SSSR count). The maximum absolute atomic E-state index is 4.76. The smallest absolute Gasteiger partial charge is 0.177 e. The Morgan fingerprint density at radius 3 is 2.84 bits per heavy atom. The number of aromatic nitrogens is 6. The second kappa shape index (κ2) is 5.77. The number of fused-ring (bicyclic) bond motifs is 2. The van der Waals surface area contributed by atoms with Gasteiger partial charge in [-0.3, -0.25) is 0 Å². The fraction of sp³-hybridized carbons (Fsp3) is 0.278. The number of hydrogen-bond donors (Lipinski definition) is 0. The second-order valence-electron chi connectivity index (χ2n) is 6.37. The third kappa shape index (κ3) is 2.57. The molecular formula is C18H17N7. The van der Waals surface area contributed by atoms with Crippen molar-refractivity contribution in [1.29, 1.82) is 0 Å². The monoisotopic (exact) mass is 331 g/mol. The van der Waals surface area contributed by atoms with E-state index in [0.29, 0.717) is 5.92 Å². The molecule has 0 N–H and O–H groups in total. The van der Waals surface area contributed by atoms with Crippen molar-refractivity contribution in [3.8, 4) is 0 Å². The minimum absolute atomic E-state index is 0.473. The van der Waals surface area contributed by atoms with E-state index in [1.807, 2.05) is 18.2 Å². The summed E-state index contributed by atoms with van der Waals surface area (Å²) in [4.78, 5) is 11.5. The fourth-order valence-corrected chi connectivity index (χ4v) is 3.49. The number of hydrogen-bond acceptors (Lipinski definition) is 6. The van der Waals surface area contributed by atoms with Gasteiger partial charge in [0, 0.05) is 36.3 Å². The van der Waals surface area contributed by atoms with Gasteiger partial charge in [-0.05, 0) is 49.2 Å². The van der Waals surface area contributed by atoms with Crippen LogP contribution in [-0.2, 0) is 0 Å². The van der Waals surface area contributed by atoms with Gasteiger partial charge in [0.25, 0.3) is 0 Å². The standard InChI is InChI=1S/C18H17N7/c1-2-14-3-4-15(21-18(14)19-9-1)13-7-10-24(11-8-13)17-6-5-16-22-20-12-25(16)23-17/h1-6,9,12-13H,7-8,10-11H2. The Morgan fingerprint density at radius 2 is 1.92 bits per heavy atom. The number of anilines is 1. The van der Waals surface area contributed by atoms with Gasteiger partial charge in [0.1, 0.15) is 12.1 Å². The molecule has 7 nitrogen and oxygen atoms in total. The molecule has 7 heteroatoms. The van der Waals surface area contributed by atoms with Crippen molar-refractivity contribution in [2.75, 3.05) is 18.0 Å². The Morgan fingerprint density at radius 1 is 1.00 bits per heavy atom. The highest BCUT2D eigenvalue weighted by molar-refractivity contribution is 5.74.